The van der Waals surface area contributed by atoms with Crippen LogP contribution in [0.2, 0.25) is 0 Å². The molecule has 0 aromatic heterocycles. The van der Waals surface area contributed by atoms with Gasteiger partial charge in [-0.05, 0) is 31.6 Å². The van der Waals surface area contributed by atoms with E-state index < -0.39 is 5.54 Å². The second-order valence-corrected chi connectivity index (χ2v) is 5.72. The molecule has 2 aliphatic rings. The van der Waals surface area contributed by atoms with E-state index in [1.807, 2.05) is 6.92 Å². The predicted octanol–water partition coefficient (Wildman–Crippen LogP) is 1.16. The van der Waals surface area contributed by atoms with Crippen LogP contribution in [-0.4, -0.2) is 35.3 Å². The third-order valence-electron chi connectivity index (χ3n) is 4.09. The van der Waals surface area contributed by atoms with Gasteiger partial charge in [-0.1, -0.05) is 20.3 Å². The van der Waals surface area contributed by atoms with Crippen molar-refractivity contribution < 1.29 is 9.59 Å². The van der Waals surface area contributed by atoms with Gasteiger partial charge < -0.3 is 10.2 Å². The highest BCUT2D eigenvalue weighted by Crippen LogP contribution is 2.41. The molecular weight excluding hydrogens is 216 g/mol. The van der Waals surface area contributed by atoms with E-state index in [2.05, 4.69) is 19.2 Å². The smallest absolute Gasteiger partial charge is 0.248 e. The molecule has 0 radical (unpaired) electrons. The molecule has 2 atom stereocenters. The second-order valence-electron chi connectivity index (χ2n) is 5.72. The number of carbonyl (C=O) groups excluding carboxylic acids is 2. The van der Waals surface area contributed by atoms with Gasteiger partial charge in [-0.15, -0.1) is 0 Å². The van der Waals surface area contributed by atoms with E-state index in [4.69, 9.17) is 0 Å². The number of piperazine rings is 1. The maximum atomic E-state index is 12.4. The molecule has 1 N–H and O–H groups in total. The molecule has 2 amide bonds. The lowest BCUT2D eigenvalue weighted by atomic mass is 9.91. The first-order valence-electron chi connectivity index (χ1n) is 6.57. The summed E-state index contributed by atoms with van der Waals surface area (Å²) in [6.07, 6.45) is 3.14. The lowest BCUT2D eigenvalue weighted by Gasteiger charge is -2.41. The van der Waals surface area contributed by atoms with Crippen molar-refractivity contribution in [3.63, 3.8) is 0 Å². The van der Waals surface area contributed by atoms with Crippen molar-refractivity contribution in [2.45, 2.75) is 45.6 Å². The molecule has 17 heavy (non-hydrogen) atoms. The number of hydrogen-bond donors (Lipinski definition) is 1. The zero-order valence-corrected chi connectivity index (χ0v) is 11.0. The Labute approximate surface area is 103 Å². The monoisotopic (exact) mass is 238 g/mol. The van der Waals surface area contributed by atoms with E-state index in [1.54, 1.807) is 4.90 Å². The predicted molar refractivity (Wildman–Crippen MR) is 65.3 cm³/mol. The highest BCUT2D eigenvalue weighted by Gasteiger charge is 2.52. The third kappa shape index (κ3) is 2.31. The number of nitrogens with one attached hydrogen (secondary N) is 1. The van der Waals surface area contributed by atoms with Crippen LogP contribution in [0.1, 0.15) is 40.0 Å². The molecule has 2 unspecified atom stereocenters. The van der Waals surface area contributed by atoms with Crippen molar-refractivity contribution in [3.8, 4) is 0 Å². The molecular formula is C13H22N2O2. The van der Waals surface area contributed by atoms with E-state index in [-0.39, 0.29) is 18.4 Å². The summed E-state index contributed by atoms with van der Waals surface area (Å²) in [5.74, 6) is 0.897. The molecule has 0 spiro atoms. The summed E-state index contributed by atoms with van der Waals surface area (Å²) in [6.45, 7) is 7.04. The first-order chi connectivity index (χ1) is 7.97. The zero-order valence-electron chi connectivity index (χ0n) is 11.0. The summed E-state index contributed by atoms with van der Waals surface area (Å²) in [7, 11) is 0. The topological polar surface area (TPSA) is 49.4 Å². The van der Waals surface area contributed by atoms with Gasteiger partial charge in [-0.3, -0.25) is 9.59 Å². The lowest BCUT2D eigenvalue weighted by molar-refractivity contribution is -0.150. The van der Waals surface area contributed by atoms with Gasteiger partial charge >= 0.3 is 0 Å². The Hall–Kier alpha value is -1.06. The largest absolute Gasteiger partial charge is 0.340 e. The summed E-state index contributed by atoms with van der Waals surface area (Å²) < 4.78 is 0. The average molecular weight is 238 g/mol. The highest BCUT2D eigenvalue weighted by atomic mass is 16.2. The Bertz CT molecular complexity index is 338. The highest BCUT2D eigenvalue weighted by molar-refractivity contribution is 5.98. The minimum atomic E-state index is -0.636. The molecule has 0 aromatic rings. The number of amides is 2. The van der Waals surface area contributed by atoms with Crippen LogP contribution in [0.3, 0.4) is 0 Å². The summed E-state index contributed by atoms with van der Waals surface area (Å²) >= 11 is 0. The van der Waals surface area contributed by atoms with E-state index in [9.17, 15) is 9.59 Å². The van der Waals surface area contributed by atoms with Gasteiger partial charge in [0.2, 0.25) is 11.8 Å². The normalized spacial score (nSPS) is 31.4. The minimum absolute atomic E-state index is 0.0118. The van der Waals surface area contributed by atoms with Crippen LogP contribution < -0.4 is 5.32 Å². The quantitative estimate of drug-likeness (QED) is 0.799. The van der Waals surface area contributed by atoms with Crippen LogP contribution in [0.4, 0.5) is 0 Å². The fraction of sp³-hybridized carbons (Fsp3) is 0.846. The van der Waals surface area contributed by atoms with Crippen molar-refractivity contribution in [1.82, 2.24) is 10.2 Å². The average Bonchev–Trinajstić information content (AvgIpc) is 3.08. The summed E-state index contributed by atoms with van der Waals surface area (Å²) in [5, 5.41) is 2.90. The molecule has 1 saturated heterocycles. The summed E-state index contributed by atoms with van der Waals surface area (Å²) in [5.41, 5.74) is -0.636. The Balaban J connectivity index is 2.11. The van der Waals surface area contributed by atoms with Crippen LogP contribution >= 0.6 is 0 Å². The summed E-state index contributed by atoms with van der Waals surface area (Å²) in [4.78, 5) is 25.9. The van der Waals surface area contributed by atoms with Crippen LogP contribution in [0.25, 0.3) is 0 Å². The van der Waals surface area contributed by atoms with E-state index in [0.717, 1.165) is 19.3 Å². The molecule has 4 heteroatoms. The molecule has 1 aliphatic carbocycles. The molecule has 96 valence electrons. The molecule has 1 saturated carbocycles. The SMILES string of the molecule is CCC(C)CN1CC(=O)NC(C)(C2CC2)C1=O. The molecule has 1 heterocycles. The van der Waals surface area contributed by atoms with Gasteiger partial charge in [0.25, 0.3) is 0 Å². The number of nitrogens with zero attached hydrogens (tertiary/aromatic N) is 1. The molecule has 2 fully saturated rings. The number of carbonyl (C=O) groups is 2. The number of rotatable bonds is 4. The fourth-order valence-corrected chi connectivity index (χ4v) is 2.55. The van der Waals surface area contributed by atoms with Crippen LogP contribution in [-0.2, 0) is 9.59 Å². The maximum absolute atomic E-state index is 12.4. The van der Waals surface area contributed by atoms with E-state index in [0.29, 0.717) is 18.4 Å². The second kappa shape index (κ2) is 4.31. The first kappa shape index (κ1) is 12.4. The van der Waals surface area contributed by atoms with Crippen LogP contribution in [0.5, 0.6) is 0 Å². The summed E-state index contributed by atoms with van der Waals surface area (Å²) in [6, 6.07) is 0. The van der Waals surface area contributed by atoms with Crippen LogP contribution in [0.15, 0.2) is 0 Å². The van der Waals surface area contributed by atoms with Gasteiger partial charge in [0.05, 0.1) is 6.54 Å². The van der Waals surface area contributed by atoms with Crippen LogP contribution in [0, 0.1) is 11.8 Å². The Morgan fingerprint density at radius 1 is 1.47 bits per heavy atom. The maximum Gasteiger partial charge on any atom is 0.248 e. The van der Waals surface area contributed by atoms with Crippen molar-refractivity contribution in [2.75, 3.05) is 13.1 Å². The van der Waals surface area contributed by atoms with Crippen molar-refractivity contribution >= 4 is 11.8 Å². The first-order valence-corrected chi connectivity index (χ1v) is 6.57. The minimum Gasteiger partial charge on any atom is -0.340 e. The van der Waals surface area contributed by atoms with Gasteiger partial charge in [0.15, 0.2) is 0 Å². The molecule has 2 rings (SSSR count). The molecule has 1 aliphatic heterocycles. The molecule has 4 nitrogen and oxygen atoms in total. The van der Waals surface area contributed by atoms with Crippen molar-refractivity contribution in [2.24, 2.45) is 11.8 Å². The molecule has 0 bridgehead atoms. The van der Waals surface area contributed by atoms with Crippen molar-refractivity contribution in [3.05, 3.63) is 0 Å². The third-order valence-corrected chi connectivity index (χ3v) is 4.09. The fourth-order valence-electron chi connectivity index (χ4n) is 2.55. The zero-order chi connectivity index (χ0) is 12.6. The Morgan fingerprint density at radius 2 is 2.12 bits per heavy atom. The van der Waals surface area contributed by atoms with Gasteiger partial charge in [0, 0.05) is 6.54 Å². The molecule has 0 aromatic carbocycles. The van der Waals surface area contributed by atoms with Gasteiger partial charge in [-0.25, -0.2) is 0 Å². The van der Waals surface area contributed by atoms with Crippen molar-refractivity contribution in [1.29, 1.82) is 0 Å². The van der Waals surface area contributed by atoms with Gasteiger partial charge in [0.1, 0.15) is 5.54 Å². The Morgan fingerprint density at radius 3 is 2.65 bits per heavy atom. The van der Waals surface area contributed by atoms with E-state index >= 15 is 0 Å². The van der Waals surface area contributed by atoms with E-state index in [1.165, 1.54) is 0 Å². The van der Waals surface area contributed by atoms with Gasteiger partial charge in [-0.2, -0.15) is 0 Å². The Kier molecular flexibility index (Phi) is 3.15. The standard InChI is InChI=1S/C13H22N2O2/c1-4-9(2)7-15-8-11(16)14-13(3,12(15)17)10-5-6-10/h9-10H,4-8H2,1-3H3,(H,14,16). The lowest BCUT2D eigenvalue weighted by Crippen LogP contribution is -2.66. The number of hydrogen-bond acceptors (Lipinski definition) is 2.